The predicted molar refractivity (Wildman–Crippen MR) is 50.9 cm³/mol. The molecule has 1 rings (SSSR count). The van der Waals surface area contributed by atoms with E-state index in [0.29, 0.717) is 5.88 Å². The SMILES string of the molecule is COC(CCl)OC1CCC(O)CC1. The molecule has 1 aliphatic carbocycles. The molecule has 1 saturated carbocycles. The zero-order valence-electron chi connectivity index (χ0n) is 7.91. The van der Waals surface area contributed by atoms with Crippen molar-refractivity contribution in [2.75, 3.05) is 13.0 Å². The number of hydrogen-bond donors (Lipinski definition) is 1. The van der Waals surface area contributed by atoms with Crippen LogP contribution >= 0.6 is 11.6 Å². The van der Waals surface area contributed by atoms with E-state index in [1.807, 2.05) is 0 Å². The Bertz CT molecular complexity index is 131. The quantitative estimate of drug-likeness (QED) is 0.563. The minimum Gasteiger partial charge on any atom is -0.393 e. The largest absolute Gasteiger partial charge is 0.393 e. The number of rotatable bonds is 4. The smallest absolute Gasteiger partial charge is 0.170 e. The van der Waals surface area contributed by atoms with Crippen molar-refractivity contribution in [1.29, 1.82) is 0 Å². The normalized spacial score (nSPS) is 31.6. The van der Waals surface area contributed by atoms with Gasteiger partial charge >= 0.3 is 0 Å². The van der Waals surface area contributed by atoms with Crippen LogP contribution in [0.2, 0.25) is 0 Å². The number of methoxy groups -OCH3 is 1. The molecule has 0 bridgehead atoms. The summed E-state index contributed by atoms with van der Waals surface area (Å²) >= 11 is 5.62. The fourth-order valence-corrected chi connectivity index (χ4v) is 1.75. The first-order valence-electron chi connectivity index (χ1n) is 4.68. The fraction of sp³-hybridized carbons (Fsp3) is 1.00. The van der Waals surface area contributed by atoms with Gasteiger partial charge in [-0.05, 0) is 25.7 Å². The third kappa shape index (κ3) is 3.81. The van der Waals surface area contributed by atoms with Crippen molar-refractivity contribution in [3.63, 3.8) is 0 Å². The Morgan fingerprint density at radius 2 is 2.00 bits per heavy atom. The number of alkyl halides is 1. The molecule has 0 amide bonds. The molecule has 0 aromatic heterocycles. The standard InChI is InChI=1S/C9H17ClO3/c1-12-9(6-10)13-8-4-2-7(11)3-5-8/h7-9,11H,2-6H2,1H3. The first kappa shape index (κ1) is 11.2. The predicted octanol–water partition coefficient (Wildman–Crippen LogP) is 1.52. The van der Waals surface area contributed by atoms with Crippen LogP contribution in [0.15, 0.2) is 0 Å². The van der Waals surface area contributed by atoms with Crippen LogP contribution in [-0.2, 0) is 9.47 Å². The lowest BCUT2D eigenvalue weighted by atomic mass is 9.95. The first-order valence-corrected chi connectivity index (χ1v) is 5.22. The molecule has 1 fully saturated rings. The van der Waals surface area contributed by atoms with E-state index in [9.17, 15) is 5.11 Å². The second-order valence-electron chi connectivity index (χ2n) is 3.39. The van der Waals surface area contributed by atoms with Crippen LogP contribution in [0.4, 0.5) is 0 Å². The monoisotopic (exact) mass is 208 g/mol. The maximum Gasteiger partial charge on any atom is 0.170 e. The van der Waals surface area contributed by atoms with E-state index in [-0.39, 0.29) is 18.5 Å². The molecule has 0 radical (unpaired) electrons. The summed E-state index contributed by atoms with van der Waals surface area (Å²) in [6.07, 6.45) is 3.20. The second-order valence-corrected chi connectivity index (χ2v) is 3.69. The van der Waals surface area contributed by atoms with Gasteiger partial charge in [0.25, 0.3) is 0 Å². The highest BCUT2D eigenvalue weighted by molar-refractivity contribution is 6.18. The van der Waals surface area contributed by atoms with Gasteiger partial charge in [0, 0.05) is 7.11 Å². The molecule has 1 aliphatic rings. The van der Waals surface area contributed by atoms with E-state index in [0.717, 1.165) is 25.7 Å². The summed E-state index contributed by atoms with van der Waals surface area (Å²) in [7, 11) is 1.59. The number of aliphatic hydroxyl groups is 1. The van der Waals surface area contributed by atoms with Gasteiger partial charge in [-0.1, -0.05) is 0 Å². The highest BCUT2D eigenvalue weighted by Crippen LogP contribution is 2.22. The number of halogens is 1. The number of ether oxygens (including phenoxy) is 2. The molecule has 1 unspecified atom stereocenters. The van der Waals surface area contributed by atoms with E-state index in [1.54, 1.807) is 7.11 Å². The zero-order chi connectivity index (χ0) is 9.68. The van der Waals surface area contributed by atoms with E-state index < -0.39 is 0 Å². The van der Waals surface area contributed by atoms with Gasteiger partial charge in [-0.15, -0.1) is 11.6 Å². The molecule has 0 saturated heterocycles. The van der Waals surface area contributed by atoms with Crippen LogP contribution < -0.4 is 0 Å². The number of aliphatic hydroxyl groups excluding tert-OH is 1. The molecule has 0 aliphatic heterocycles. The maximum absolute atomic E-state index is 9.26. The molecule has 1 atom stereocenters. The van der Waals surface area contributed by atoms with E-state index in [2.05, 4.69) is 0 Å². The molecule has 0 aromatic carbocycles. The fourth-order valence-electron chi connectivity index (χ4n) is 1.55. The average molecular weight is 209 g/mol. The van der Waals surface area contributed by atoms with Gasteiger partial charge in [0.2, 0.25) is 0 Å². The van der Waals surface area contributed by atoms with Crippen LogP contribution in [0.25, 0.3) is 0 Å². The van der Waals surface area contributed by atoms with Crippen LogP contribution in [0, 0.1) is 0 Å². The highest BCUT2D eigenvalue weighted by Gasteiger charge is 2.22. The molecule has 3 nitrogen and oxygen atoms in total. The highest BCUT2D eigenvalue weighted by atomic mass is 35.5. The molecular formula is C9H17ClO3. The van der Waals surface area contributed by atoms with Gasteiger partial charge in [0.1, 0.15) is 0 Å². The minimum atomic E-state index is -0.304. The molecule has 1 N–H and O–H groups in total. The lowest BCUT2D eigenvalue weighted by Crippen LogP contribution is -2.30. The maximum atomic E-state index is 9.26. The van der Waals surface area contributed by atoms with E-state index in [4.69, 9.17) is 21.1 Å². The molecular weight excluding hydrogens is 192 g/mol. The van der Waals surface area contributed by atoms with E-state index in [1.165, 1.54) is 0 Å². The van der Waals surface area contributed by atoms with Gasteiger partial charge in [-0.3, -0.25) is 0 Å². The summed E-state index contributed by atoms with van der Waals surface area (Å²) in [6.45, 7) is 0. The van der Waals surface area contributed by atoms with Crippen molar-refractivity contribution in [1.82, 2.24) is 0 Å². The molecule has 13 heavy (non-hydrogen) atoms. The Morgan fingerprint density at radius 3 is 2.46 bits per heavy atom. The van der Waals surface area contributed by atoms with Gasteiger partial charge in [0.15, 0.2) is 6.29 Å². The van der Waals surface area contributed by atoms with Crippen LogP contribution in [0.3, 0.4) is 0 Å². The van der Waals surface area contributed by atoms with Crippen molar-refractivity contribution in [3.05, 3.63) is 0 Å². The molecule has 0 aromatic rings. The third-order valence-electron chi connectivity index (χ3n) is 2.38. The third-order valence-corrected chi connectivity index (χ3v) is 2.63. The van der Waals surface area contributed by atoms with Gasteiger partial charge < -0.3 is 14.6 Å². The van der Waals surface area contributed by atoms with Crippen molar-refractivity contribution < 1.29 is 14.6 Å². The Hall–Kier alpha value is 0.170. The summed E-state index contributed by atoms with van der Waals surface area (Å²) in [5, 5.41) is 9.26. The van der Waals surface area contributed by atoms with Gasteiger partial charge in [-0.25, -0.2) is 0 Å². The van der Waals surface area contributed by atoms with Crippen molar-refractivity contribution in [3.8, 4) is 0 Å². The number of hydrogen-bond acceptors (Lipinski definition) is 3. The Labute approximate surface area is 84.0 Å². The summed E-state index contributed by atoms with van der Waals surface area (Å²) in [5.41, 5.74) is 0. The van der Waals surface area contributed by atoms with Crippen molar-refractivity contribution in [2.24, 2.45) is 0 Å². The minimum absolute atomic E-state index is 0.142. The molecule has 0 spiro atoms. The Morgan fingerprint density at radius 1 is 1.38 bits per heavy atom. The lowest BCUT2D eigenvalue weighted by Gasteiger charge is -2.28. The van der Waals surface area contributed by atoms with Crippen molar-refractivity contribution >= 4 is 11.6 Å². The summed E-state index contributed by atoms with van der Waals surface area (Å²) in [6, 6.07) is 0. The van der Waals surface area contributed by atoms with Crippen LogP contribution in [-0.4, -0.2) is 36.6 Å². The molecule has 4 heteroatoms. The Balaban J connectivity index is 2.21. The average Bonchev–Trinajstić information content (AvgIpc) is 2.17. The van der Waals surface area contributed by atoms with Gasteiger partial charge in [0.05, 0.1) is 18.1 Å². The molecule has 78 valence electrons. The van der Waals surface area contributed by atoms with Crippen molar-refractivity contribution in [2.45, 2.75) is 44.2 Å². The lowest BCUT2D eigenvalue weighted by molar-refractivity contribution is -0.153. The molecule has 0 heterocycles. The Kier molecular flexibility index (Phi) is 5.02. The first-order chi connectivity index (χ1) is 6.26. The van der Waals surface area contributed by atoms with Crippen LogP contribution in [0.5, 0.6) is 0 Å². The summed E-state index contributed by atoms with van der Waals surface area (Å²) in [4.78, 5) is 0. The zero-order valence-corrected chi connectivity index (χ0v) is 8.67. The summed E-state index contributed by atoms with van der Waals surface area (Å²) in [5.74, 6) is 0.357. The summed E-state index contributed by atoms with van der Waals surface area (Å²) < 4.78 is 10.6. The second kappa shape index (κ2) is 5.81. The van der Waals surface area contributed by atoms with Gasteiger partial charge in [-0.2, -0.15) is 0 Å². The van der Waals surface area contributed by atoms with Crippen LogP contribution in [0.1, 0.15) is 25.7 Å². The van der Waals surface area contributed by atoms with E-state index >= 15 is 0 Å². The topological polar surface area (TPSA) is 38.7 Å².